The van der Waals surface area contributed by atoms with Crippen LogP contribution in [0.1, 0.15) is 35.5 Å². The third-order valence-electron chi connectivity index (χ3n) is 4.26. The largest absolute Gasteiger partial charge is 0.388 e. The minimum Gasteiger partial charge on any atom is -0.388 e. The van der Waals surface area contributed by atoms with Crippen LogP contribution in [0.5, 0.6) is 0 Å². The fraction of sp³-hybridized carbons (Fsp3) is 0.438. The summed E-state index contributed by atoms with van der Waals surface area (Å²) in [5, 5.41) is 15.7. The molecule has 0 fully saturated rings. The van der Waals surface area contributed by atoms with Gasteiger partial charge in [0, 0.05) is 7.05 Å². The molecule has 1 aliphatic rings. The van der Waals surface area contributed by atoms with Crippen molar-refractivity contribution in [2.75, 3.05) is 0 Å². The average molecular weight is 291 g/mol. The lowest BCUT2D eigenvalue weighted by atomic mass is 9.97. The number of halogens is 1. The monoisotopic (exact) mass is 290 g/mol. The number of aliphatic hydroxyl groups is 1. The van der Waals surface area contributed by atoms with Crippen LogP contribution in [-0.2, 0) is 26.3 Å². The maximum atomic E-state index is 10.5. The first kappa shape index (κ1) is 13.7. The summed E-state index contributed by atoms with van der Waals surface area (Å²) in [5.74, 6) is 0.185. The van der Waals surface area contributed by atoms with E-state index < -0.39 is 6.10 Å². The van der Waals surface area contributed by atoms with Crippen molar-refractivity contribution in [2.45, 2.75) is 32.3 Å². The molecule has 0 spiro atoms. The Bertz CT molecular complexity index is 635. The second-order valence-corrected chi connectivity index (χ2v) is 5.87. The lowest BCUT2D eigenvalue weighted by molar-refractivity contribution is 0.122. The van der Waals surface area contributed by atoms with Crippen LogP contribution in [0.4, 0.5) is 0 Å². The Morgan fingerprint density at radius 3 is 2.80 bits per heavy atom. The van der Waals surface area contributed by atoms with E-state index in [1.165, 1.54) is 5.56 Å². The van der Waals surface area contributed by atoms with Crippen molar-refractivity contribution < 1.29 is 5.11 Å². The normalized spacial score (nSPS) is 21.2. The molecule has 2 aromatic rings. The van der Waals surface area contributed by atoms with Crippen molar-refractivity contribution in [3.05, 3.63) is 51.8 Å². The van der Waals surface area contributed by atoms with Crippen LogP contribution >= 0.6 is 11.6 Å². The van der Waals surface area contributed by atoms with Crippen LogP contribution in [-0.4, -0.2) is 14.9 Å². The molecule has 3 nitrogen and oxygen atoms in total. The highest BCUT2D eigenvalue weighted by Gasteiger charge is 2.32. The van der Waals surface area contributed by atoms with E-state index >= 15 is 0 Å². The molecule has 20 heavy (non-hydrogen) atoms. The molecule has 4 heteroatoms. The lowest BCUT2D eigenvalue weighted by Crippen LogP contribution is -2.13. The Morgan fingerprint density at radius 2 is 2.15 bits per heavy atom. The third kappa shape index (κ3) is 2.15. The van der Waals surface area contributed by atoms with Gasteiger partial charge in [-0.05, 0) is 36.3 Å². The quantitative estimate of drug-likeness (QED) is 0.943. The molecule has 3 rings (SSSR count). The second kappa shape index (κ2) is 5.23. The summed E-state index contributed by atoms with van der Waals surface area (Å²) in [7, 11) is 1.93. The summed E-state index contributed by atoms with van der Waals surface area (Å²) in [6.07, 6.45) is 2.10. The average Bonchev–Trinajstić information content (AvgIpc) is 2.91. The Hall–Kier alpha value is -1.32. The number of benzene rings is 1. The third-order valence-corrected chi connectivity index (χ3v) is 4.70. The summed E-state index contributed by atoms with van der Waals surface area (Å²) in [5.41, 5.74) is 4.28. The van der Waals surface area contributed by atoms with Gasteiger partial charge in [0.15, 0.2) is 0 Å². The maximum absolute atomic E-state index is 10.5. The van der Waals surface area contributed by atoms with E-state index in [0.717, 1.165) is 41.2 Å². The van der Waals surface area contributed by atoms with Gasteiger partial charge in [-0.15, -0.1) is 0 Å². The second-order valence-electron chi connectivity index (χ2n) is 5.50. The summed E-state index contributed by atoms with van der Waals surface area (Å²) >= 11 is 6.40. The van der Waals surface area contributed by atoms with Gasteiger partial charge in [-0.2, -0.15) is 5.10 Å². The highest BCUT2D eigenvalue weighted by atomic mass is 35.5. The summed E-state index contributed by atoms with van der Waals surface area (Å²) in [6.45, 7) is 2.05. The number of aliphatic hydroxyl groups excluding tert-OH is 1. The molecule has 1 aromatic heterocycles. The SMILES string of the molecule is CCc1nn(C)c(CC2Cc3ccccc3C2O)c1Cl. The van der Waals surface area contributed by atoms with Crippen LogP contribution in [0.15, 0.2) is 24.3 Å². The summed E-state index contributed by atoms with van der Waals surface area (Å²) in [6, 6.07) is 8.13. The fourth-order valence-electron chi connectivity index (χ4n) is 3.13. The minimum absolute atomic E-state index is 0.185. The number of aromatic nitrogens is 2. The van der Waals surface area contributed by atoms with Crippen molar-refractivity contribution >= 4 is 11.6 Å². The Labute approximate surface area is 124 Å². The first-order valence-electron chi connectivity index (χ1n) is 7.08. The van der Waals surface area contributed by atoms with E-state index in [1.54, 1.807) is 0 Å². The van der Waals surface area contributed by atoms with Gasteiger partial charge in [0.25, 0.3) is 0 Å². The molecule has 0 radical (unpaired) electrons. The van der Waals surface area contributed by atoms with Gasteiger partial charge >= 0.3 is 0 Å². The topological polar surface area (TPSA) is 38.0 Å². The molecular weight excluding hydrogens is 272 g/mol. The van der Waals surface area contributed by atoms with Crippen molar-refractivity contribution in [2.24, 2.45) is 13.0 Å². The van der Waals surface area contributed by atoms with E-state index in [2.05, 4.69) is 18.1 Å². The Morgan fingerprint density at radius 1 is 1.40 bits per heavy atom. The van der Waals surface area contributed by atoms with Gasteiger partial charge in [-0.3, -0.25) is 4.68 Å². The van der Waals surface area contributed by atoms with E-state index in [-0.39, 0.29) is 5.92 Å². The van der Waals surface area contributed by atoms with Gasteiger partial charge in [0.05, 0.1) is 22.5 Å². The fourth-order valence-corrected chi connectivity index (χ4v) is 3.50. The van der Waals surface area contributed by atoms with Gasteiger partial charge in [-0.1, -0.05) is 42.8 Å². The smallest absolute Gasteiger partial charge is 0.0849 e. The van der Waals surface area contributed by atoms with E-state index in [4.69, 9.17) is 11.6 Å². The van der Waals surface area contributed by atoms with Crippen LogP contribution in [0.3, 0.4) is 0 Å². The molecule has 0 bridgehead atoms. The molecule has 0 aliphatic heterocycles. The molecule has 1 aromatic carbocycles. The number of nitrogens with zero attached hydrogens (tertiary/aromatic N) is 2. The highest BCUT2D eigenvalue weighted by Crippen LogP contribution is 2.38. The van der Waals surface area contributed by atoms with Crippen LogP contribution in [0.25, 0.3) is 0 Å². The van der Waals surface area contributed by atoms with Crippen LogP contribution in [0, 0.1) is 5.92 Å². The van der Waals surface area contributed by atoms with Gasteiger partial charge in [-0.25, -0.2) is 0 Å². The van der Waals surface area contributed by atoms with Gasteiger partial charge < -0.3 is 5.11 Å². The van der Waals surface area contributed by atoms with Crippen molar-refractivity contribution in [1.29, 1.82) is 0 Å². The molecule has 0 amide bonds. The molecule has 0 saturated carbocycles. The lowest BCUT2D eigenvalue weighted by Gasteiger charge is -2.15. The first-order valence-corrected chi connectivity index (χ1v) is 7.45. The van der Waals surface area contributed by atoms with Crippen molar-refractivity contribution in [1.82, 2.24) is 9.78 Å². The predicted octanol–water partition coefficient (Wildman–Crippen LogP) is 3.08. The Balaban J connectivity index is 1.86. The summed E-state index contributed by atoms with van der Waals surface area (Å²) in [4.78, 5) is 0. The molecule has 1 aliphatic carbocycles. The zero-order chi connectivity index (χ0) is 14.3. The molecule has 106 valence electrons. The summed E-state index contributed by atoms with van der Waals surface area (Å²) < 4.78 is 1.86. The number of fused-ring (bicyclic) bond motifs is 1. The molecule has 1 N–H and O–H groups in total. The standard InChI is InChI=1S/C16H19ClN2O/c1-3-13-15(17)14(19(2)18-13)9-11-8-10-6-4-5-7-12(10)16(11)20/h4-7,11,16,20H,3,8-9H2,1-2H3. The van der Waals surface area contributed by atoms with Crippen LogP contribution < -0.4 is 0 Å². The van der Waals surface area contributed by atoms with Crippen molar-refractivity contribution in [3.8, 4) is 0 Å². The molecular formula is C16H19ClN2O. The number of hydrogen-bond acceptors (Lipinski definition) is 2. The molecule has 2 unspecified atom stereocenters. The van der Waals surface area contributed by atoms with Gasteiger partial charge in [0.1, 0.15) is 0 Å². The predicted molar refractivity (Wildman–Crippen MR) is 79.9 cm³/mol. The first-order chi connectivity index (χ1) is 9.61. The number of rotatable bonds is 3. The van der Waals surface area contributed by atoms with E-state index in [0.29, 0.717) is 0 Å². The highest BCUT2D eigenvalue weighted by molar-refractivity contribution is 6.31. The zero-order valence-corrected chi connectivity index (χ0v) is 12.6. The Kier molecular flexibility index (Phi) is 3.57. The van der Waals surface area contributed by atoms with E-state index in [1.807, 2.05) is 29.9 Å². The maximum Gasteiger partial charge on any atom is 0.0849 e. The minimum atomic E-state index is -0.401. The van der Waals surface area contributed by atoms with E-state index in [9.17, 15) is 5.11 Å². The molecule has 0 saturated heterocycles. The zero-order valence-electron chi connectivity index (χ0n) is 11.8. The van der Waals surface area contributed by atoms with Gasteiger partial charge in [0.2, 0.25) is 0 Å². The molecule has 2 atom stereocenters. The molecule has 1 heterocycles. The number of aryl methyl sites for hydroxylation is 2. The number of hydrogen-bond donors (Lipinski definition) is 1. The van der Waals surface area contributed by atoms with Crippen molar-refractivity contribution in [3.63, 3.8) is 0 Å². The van der Waals surface area contributed by atoms with Crippen LogP contribution in [0.2, 0.25) is 5.02 Å².